The number of carbonyl (C=O) groups excluding carboxylic acids is 3. The molecule has 0 unspecified atom stereocenters. The number of hydrogen-bond acceptors (Lipinski definition) is 5. The van der Waals surface area contributed by atoms with E-state index in [0.29, 0.717) is 30.7 Å². The summed E-state index contributed by atoms with van der Waals surface area (Å²) < 4.78 is 0. The molecule has 1 N–H and O–H groups in total. The molecule has 20 heavy (non-hydrogen) atoms. The number of carboxylic acids is 1. The highest BCUT2D eigenvalue weighted by atomic mass is 16.7. The fourth-order valence-corrected chi connectivity index (χ4v) is 2.65. The maximum atomic E-state index is 11.7. The standard InChI is InChI=1S/C13H17NO6/c15-10-5-6-11(16)14(10)20-12(17)7-8-1-3-9(4-2-8)13(18)19/h8-9H,1-7H2,(H,18,19)/t8-,9-. The van der Waals surface area contributed by atoms with E-state index in [0.717, 1.165) is 0 Å². The van der Waals surface area contributed by atoms with Gasteiger partial charge in [-0.05, 0) is 31.6 Å². The lowest BCUT2D eigenvalue weighted by Gasteiger charge is -2.25. The van der Waals surface area contributed by atoms with Gasteiger partial charge in [0.15, 0.2) is 0 Å². The minimum Gasteiger partial charge on any atom is -0.481 e. The second-order valence-electron chi connectivity index (χ2n) is 5.31. The third kappa shape index (κ3) is 3.34. The van der Waals surface area contributed by atoms with Crippen LogP contribution in [-0.4, -0.2) is 33.9 Å². The molecular formula is C13H17NO6. The molecule has 2 aliphatic rings. The third-order valence-corrected chi connectivity index (χ3v) is 3.85. The van der Waals surface area contributed by atoms with Crippen LogP contribution in [0.3, 0.4) is 0 Å². The van der Waals surface area contributed by atoms with Crippen LogP contribution < -0.4 is 0 Å². The van der Waals surface area contributed by atoms with E-state index in [4.69, 9.17) is 9.94 Å². The zero-order valence-corrected chi connectivity index (χ0v) is 11.0. The molecule has 2 fully saturated rings. The van der Waals surface area contributed by atoms with Crippen LogP contribution in [-0.2, 0) is 24.0 Å². The average Bonchev–Trinajstić information content (AvgIpc) is 2.71. The molecule has 1 saturated heterocycles. The fraction of sp³-hybridized carbons (Fsp3) is 0.692. The number of rotatable bonds is 4. The van der Waals surface area contributed by atoms with Gasteiger partial charge in [-0.3, -0.25) is 14.4 Å². The minimum atomic E-state index is -0.792. The Kier molecular flexibility index (Phi) is 4.36. The highest BCUT2D eigenvalue weighted by Crippen LogP contribution is 2.31. The van der Waals surface area contributed by atoms with Crippen LogP contribution in [0.4, 0.5) is 0 Å². The minimum absolute atomic E-state index is 0.0610. The van der Waals surface area contributed by atoms with Crippen LogP contribution >= 0.6 is 0 Å². The molecule has 0 aromatic heterocycles. The predicted octanol–water partition coefficient (Wildman–Crippen LogP) is 0.875. The number of amides is 2. The molecule has 2 rings (SSSR count). The van der Waals surface area contributed by atoms with Crippen molar-refractivity contribution < 1.29 is 29.1 Å². The second-order valence-corrected chi connectivity index (χ2v) is 5.31. The van der Waals surface area contributed by atoms with Crippen molar-refractivity contribution in [3.8, 4) is 0 Å². The first-order valence-corrected chi connectivity index (χ1v) is 6.76. The first-order chi connectivity index (χ1) is 9.47. The van der Waals surface area contributed by atoms with E-state index < -0.39 is 23.8 Å². The lowest BCUT2D eigenvalue weighted by Crippen LogP contribution is -2.33. The molecular weight excluding hydrogens is 266 g/mol. The molecule has 1 heterocycles. The third-order valence-electron chi connectivity index (χ3n) is 3.85. The molecule has 0 aromatic carbocycles. The quantitative estimate of drug-likeness (QED) is 0.768. The SMILES string of the molecule is O=C(C[C@H]1CC[C@H](C(=O)O)CC1)ON1C(=O)CCC1=O. The van der Waals surface area contributed by atoms with Crippen molar-refractivity contribution in [2.24, 2.45) is 11.8 Å². The predicted molar refractivity (Wildman–Crippen MR) is 64.9 cm³/mol. The number of carboxylic acid groups (broad SMARTS) is 1. The van der Waals surface area contributed by atoms with Crippen molar-refractivity contribution in [2.75, 3.05) is 0 Å². The highest BCUT2D eigenvalue weighted by Gasteiger charge is 2.34. The average molecular weight is 283 g/mol. The van der Waals surface area contributed by atoms with E-state index in [-0.39, 0.29) is 31.1 Å². The van der Waals surface area contributed by atoms with Crippen molar-refractivity contribution >= 4 is 23.8 Å². The number of nitrogens with zero attached hydrogens (tertiary/aromatic N) is 1. The lowest BCUT2D eigenvalue weighted by atomic mass is 9.80. The first-order valence-electron chi connectivity index (χ1n) is 6.76. The summed E-state index contributed by atoms with van der Waals surface area (Å²) in [6, 6.07) is 0. The molecule has 7 heteroatoms. The van der Waals surface area contributed by atoms with Gasteiger partial charge >= 0.3 is 11.9 Å². The van der Waals surface area contributed by atoms with Crippen molar-refractivity contribution in [3.05, 3.63) is 0 Å². The Morgan fingerprint density at radius 1 is 1.10 bits per heavy atom. The highest BCUT2D eigenvalue weighted by molar-refractivity contribution is 6.01. The van der Waals surface area contributed by atoms with Gasteiger partial charge < -0.3 is 9.94 Å². The Hall–Kier alpha value is -1.92. The maximum absolute atomic E-state index is 11.7. The zero-order valence-electron chi connectivity index (χ0n) is 11.0. The topological polar surface area (TPSA) is 101 Å². The Morgan fingerprint density at radius 2 is 1.65 bits per heavy atom. The van der Waals surface area contributed by atoms with Gasteiger partial charge in [0.1, 0.15) is 0 Å². The van der Waals surface area contributed by atoms with E-state index in [9.17, 15) is 19.2 Å². The summed E-state index contributed by atoms with van der Waals surface area (Å²) in [6.07, 6.45) is 2.67. The lowest BCUT2D eigenvalue weighted by molar-refractivity contribution is -0.198. The maximum Gasteiger partial charge on any atom is 0.333 e. The van der Waals surface area contributed by atoms with Crippen molar-refractivity contribution in [1.29, 1.82) is 0 Å². The van der Waals surface area contributed by atoms with Gasteiger partial charge in [-0.1, -0.05) is 0 Å². The summed E-state index contributed by atoms with van der Waals surface area (Å²) in [6.45, 7) is 0. The van der Waals surface area contributed by atoms with Crippen LogP contribution in [0.15, 0.2) is 0 Å². The van der Waals surface area contributed by atoms with Crippen LogP contribution in [0.25, 0.3) is 0 Å². The fourth-order valence-electron chi connectivity index (χ4n) is 2.65. The number of carbonyl (C=O) groups is 4. The van der Waals surface area contributed by atoms with Gasteiger partial charge in [0, 0.05) is 12.8 Å². The van der Waals surface area contributed by atoms with Crippen molar-refractivity contribution in [1.82, 2.24) is 5.06 Å². The van der Waals surface area contributed by atoms with Crippen LogP contribution in [0, 0.1) is 11.8 Å². The number of imide groups is 1. The van der Waals surface area contributed by atoms with Crippen molar-refractivity contribution in [3.63, 3.8) is 0 Å². The monoisotopic (exact) mass is 283 g/mol. The molecule has 0 bridgehead atoms. The van der Waals surface area contributed by atoms with E-state index in [1.54, 1.807) is 0 Å². The number of aliphatic carboxylic acids is 1. The van der Waals surface area contributed by atoms with Crippen LogP contribution in [0.1, 0.15) is 44.9 Å². The Balaban J connectivity index is 1.77. The Bertz CT molecular complexity index is 422. The van der Waals surface area contributed by atoms with E-state index in [2.05, 4.69) is 0 Å². The normalized spacial score (nSPS) is 26.7. The van der Waals surface area contributed by atoms with Crippen LogP contribution in [0.2, 0.25) is 0 Å². The summed E-state index contributed by atoms with van der Waals surface area (Å²) in [5.41, 5.74) is 0. The molecule has 0 atom stereocenters. The molecule has 0 spiro atoms. The number of hydroxylamine groups is 2. The molecule has 1 saturated carbocycles. The van der Waals surface area contributed by atoms with Gasteiger partial charge in [-0.25, -0.2) is 4.79 Å². The largest absolute Gasteiger partial charge is 0.481 e. The smallest absolute Gasteiger partial charge is 0.333 e. The van der Waals surface area contributed by atoms with Gasteiger partial charge in [-0.2, -0.15) is 0 Å². The summed E-state index contributed by atoms with van der Waals surface area (Å²) in [7, 11) is 0. The molecule has 2 amide bonds. The summed E-state index contributed by atoms with van der Waals surface area (Å²) in [5, 5.41) is 9.43. The van der Waals surface area contributed by atoms with E-state index in [1.165, 1.54) is 0 Å². The van der Waals surface area contributed by atoms with Crippen molar-refractivity contribution in [2.45, 2.75) is 44.9 Å². The molecule has 110 valence electrons. The zero-order chi connectivity index (χ0) is 14.7. The Labute approximate surface area is 115 Å². The summed E-state index contributed by atoms with van der Waals surface area (Å²) in [4.78, 5) is 49.9. The van der Waals surface area contributed by atoms with Crippen LogP contribution in [0.5, 0.6) is 0 Å². The van der Waals surface area contributed by atoms with Gasteiger partial charge in [0.05, 0.1) is 12.3 Å². The van der Waals surface area contributed by atoms with E-state index >= 15 is 0 Å². The molecule has 7 nitrogen and oxygen atoms in total. The van der Waals surface area contributed by atoms with Gasteiger partial charge in [0.2, 0.25) is 0 Å². The molecule has 0 aromatic rings. The van der Waals surface area contributed by atoms with Gasteiger partial charge in [-0.15, -0.1) is 5.06 Å². The van der Waals surface area contributed by atoms with E-state index in [1.807, 2.05) is 0 Å². The first kappa shape index (κ1) is 14.5. The summed E-state index contributed by atoms with van der Waals surface area (Å²) in [5.74, 6) is -2.64. The molecule has 1 aliphatic heterocycles. The molecule has 1 aliphatic carbocycles. The summed E-state index contributed by atoms with van der Waals surface area (Å²) >= 11 is 0. The number of hydrogen-bond donors (Lipinski definition) is 1. The Morgan fingerprint density at radius 3 is 2.15 bits per heavy atom. The molecule has 0 radical (unpaired) electrons. The van der Waals surface area contributed by atoms with Gasteiger partial charge in [0.25, 0.3) is 11.8 Å². The second kappa shape index (κ2) is 6.02.